The van der Waals surface area contributed by atoms with Gasteiger partial charge in [0, 0.05) is 45.8 Å². The maximum absolute atomic E-state index is 5.18. The Hall–Kier alpha value is -8.29. The quantitative estimate of drug-likeness (QED) is 0.144. The average molecular weight is 770 g/mol. The molecular weight excluding hydrogens is 735 g/mol. The topological polar surface area (TPSA) is 90.2 Å². The summed E-state index contributed by atoms with van der Waals surface area (Å²) in [7, 11) is 0. The Morgan fingerprint density at radius 1 is 0.217 bits per heavy atom. The van der Waals surface area contributed by atoms with Gasteiger partial charge < -0.3 is 0 Å². The van der Waals surface area contributed by atoms with Crippen LogP contribution in [-0.2, 0) is 0 Å². The van der Waals surface area contributed by atoms with E-state index >= 15 is 0 Å². The standard InChI is InChI=1S/C53H35N7/c1-6-16-36(17-7-1)43-31-50(44-27-26-42(35-55-44)53-59-47(39-22-12-4-13-23-39)34-48(60-53)40-24-14-5-15-25-40)56-51(32-43)49-30-41(28-29-54-49)52-57-45(37-18-8-2-9-19-37)33-46(58-52)38-20-10-3-11-21-38/h1-35H. The molecule has 0 unspecified atom stereocenters. The van der Waals surface area contributed by atoms with Gasteiger partial charge in [-0.3, -0.25) is 9.97 Å². The first-order chi connectivity index (χ1) is 29.7. The van der Waals surface area contributed by atoms with Gasteiger partial charge in [0.15, 0.2) is 11.6 Å². The van der Waals surface area contributed by atoms with Gasteiger partial charge in [0.2, 0.25) is 0 Å². The normalized spacial score (nSPS) is 11.0. The van der Waals surface area contributed by atoms with Crippen LogP contribution in [0.4, 0.5) is 0 Å². The average Bonchev–Trinajstić information content (AvgIpc) is 3.35. The lowest BCUT2D eigenvalue weighted by Gasteiger charge is -2.12. The fourth-order valence-electron chi connectivity index (χ4n) is 7.16. The monoisotopic (exact) mass is 769 g/mol. The highest BCUT2D eigenvalue weighted by molar-refractivity contribution is 5.78. The predicted molar refractivity (Wildman–Crippen MR) is 240 cm³/mol. The van der Waals surface area contributed by atoms with Gasteiger partial charge in [0.1, 0.15) is 0 Å². The summed E-state index contributed by atoms with van der Waals surface area (Å²) < 4.78 is 0. The predicted octanol–water partition coefficient (Wildman–Crippen LogP) is 12.5. The molecule has 0 atom stereocenters. The van der Waals surface area contributed by atoms with E-state index in [1.54, 1.807) is 6.20 Å². The molecule has 0 saturated carbocycles. The Labute approximate surface area is 347 Å². The highest BCUT2D eigenvalue weighted by Gasteiger charge is 2.16. The number of pyridine rings is 3. The Bertz CT molecular complexity index is 2940. The van der Waals surface area contributed by atoms with Crippen molar-refractivity contribution in [2.75, 3.05) is 0 Å². The Kier molecular flexibility index (Phi) is 9.79. The minimum Gasteiger partial charge on any atom is -0.255 e. The zero-order valence-corrected chi connectivity index (χ0v) is 32.3. The summed E-state index contributed by atoms with van der Waals surface area (Å²) in [5, 5.41) is 0. The molecule has 7 heteroatoms. The fraction of sp³-hybridized carbons (Fsp3) is 0. The third-order valence-electron chi connectivity index (χ3n) is 10.2. The zero-order valence-electron chi connectivity index (χ0n) is 32.3. The molecule has 0 fully saturated rings. The fourth-order valence-corrected chi connectivity index (χ4v) is 7.16. The molecular formula is C53H35N7. The summed E-state index contributed by atoms with van der Waals surface area (Å²) in [5.41, 5.74) is 13.9. The van der Waals surface area contributed by atoms with E-state index in [1.165, 1.54) is 0 Å². The molecule has 0 N–H and O–H groups in total. The Morgan fingerprint density at radius 2 is 0.617 bits per heavy atom. The van der Waals surface area contributed by atoms with Crippen molar-refractivity contribution < 1.29 is 0 Å². The molecule has 10 aromatic rings. The molecule has 0 amide bonds. The second-order valence-corrected chi connectivity index (χ2v) is 14.2. The van der Waals surface area contributed by atoms with Gasteiger partial charge >= 0.3 is 0 Å². The molecule has 0 aliphatic carbocycles. The molecule has 60 heavy (non-hydrogen) atoms. The molecule has 0 radical (unpaired) electrons. The second kappa shape index (κ2) is 16.3. The van der Waals surface area contributed by atoms with Gasteiger partial charge in [0.25, 0.3) is 0 Å². The van der Waals surface area contributed by atoms with E-state index in [9.17, 15) is 0 Å². The summed E-state index contributed by atoms with van der Waals surface area (Å²) in [6, 6.07) is 67.2. The minimum atomic E-state index is 0.593. The molecule has 10 rings (SSSR count). The first-order valence-electron chi connectivity index (χ1n) is 19.7. The smallest absolute Gasteiger partial charge is 0.161 e. The van der Waals surface area contributed by atoms with Crippen molar-refractivity contribution in [1.82, 2.24) is 34.9 Å². The van der Waals surface area contributed by atoms with E-state index in [1.807, 2.05) is 134 Å². The van der Waals surface area contributed by atoms with Gasteiger partial charge in [-0.1, -0.05) is 152 Å². The van der Waals surface area contributed by atoms with Crippen LogP contribution in [0, 0.1) is 0 Å². The van der Waals surface area contributed by atoms with Crippen LogP contribution in [0.25, 0.3) is 102 Å². The lowest BCUT2D eigenvalue weighted by Crippen LogP contribution is -1.98. The van der Waals surface area contributed by atoms with E-state index < -0.39 is 0 Å². The van der Waals surface area contributed by atoms with Crippen molar-refractivity contribution in [2.45, 2.75) is 0 Å². The number of rotatable bonds is 9. The largest absolute Gasteiger partial charge is 0.255 e. The number of hydrogen-bond donors (Lipinski definition) is 0. The van der Waals surface area contributed by atoms with Crippen LogP contribution in [0.5, 0.6) is 0 Å². The molecule has 0 bridgehead atoms. The van der Waals surface area contributed by atoms with Crippen LogP contribution in [-0.4, -0.2) is 34.9 Å². The highest BCUT2D eigenvalue weighted by Crippen LogP contribution is 2.33. The highest BCUT2D eigenvalue weighted by atomic mass is 14.9. The van der Waals surface area contributed by atoms with E-state index in [2.05, 4.69) is 72.8 Å². The van der Waals surface area contributed by atoms with Crippen LogP contribution in [0.15, 0.2) is 213 Å². The third kappa shape index (κ3) is 7.71. The molecule has 0 aliphatic heterocycles. The van der Waals surface area contributed by atoms with E-state index in [0.717, 1.165) is 67.3 Å². The summed E-state index contributed by atoms with van der Waals surface area (Å²) in [5.74, 6) is 1.19. The van der Waals surface area contributed by atoms with Gasteiger partial charge in [-0.25, -0.2) is 24.9 Å². The van der Waals surface area contributed by atoms with Gasteiger partial charge in [0.05, 0.1) is 45.6 Å². The first-order valence-corrected chi connectivity index (χ1v) is 19.7. The molecule has 0 aliphatic rings. The van der Waals surface area contributed by atoms with Crippen molar-refractivity contribution in [2.24, 2.45) is 0 Å². The molecule has 5 aromatic heterocycles. The summed E-state index contributed by atoms with van der Waals surface area (Å²) in [4.78, 5) is 35.1. The number of nitrogens with zero attached hydrogens (tertiary/aromatic N) is 7. The van der Waals surface area contributed by atoms with Crippen LogP contribution in [0.1, 0.15) is 0 Å². The van der Waals surface area contributed by atoms with Crippen LogP contribution in [0.3, 0.4) is 0 Å². The summed E-state index contributed by atoms with van der Waals surface area (Å²) >= 11 is 0. The molecule has 0 spiro atoms. The lowest BCUT2D eigenvalue weighted by atomic mass is 10.0. The second-order valence-electron chi connectivity index (χ2n) is 14.2. The van der Waals surface area contributed by atoms with Crippen LogP contribution in [0.2, 0.25) is 0 Å². The van der Waals surface area contributed by atoms with Crippen molar-refractivity contribution in [3.63, 3.8) is 0 Å². The Morgan fingerprint density at radius 3 is 1.05 bits per heavy atom. The molecule has 5 heterocycles. The summed E-state index contributed by atoms with van der Waals surface area (Å²) in [6.07, 6.45) is 3.62. The molecule has 5 aromatic carbocycles. The SMILES string of the molecule is c1ccc(-c2cc(-c3ccc(-c4nc(-c5ccccc5)cc(-c5ccccc5)n4)cn3)nc(-c3cc(-c4nc(-c5ccccc5)cc(-c5ccccc5)n4)ccn3)c2)cc1. The Balaban J connectivity index is 1.05. The third-order valence-corrected chi connectivity index (χ3v) is 10.2. The summed E-state index contributed by atoms with van der Waals surface area (Å²) in [6.45, 7) is 0. The van der Waals surface area contributed by atoms with E-state index in [-0.39, 0.29) is 0 Å². The van der Waals surface area contributed by atoms with Crippen molar-refractivity contribution in [3.8, 4) is 102 Å². The number of aromatic nitrogens is 7. The van der Waals surface area contributed by atoms with E-state index in [4.69, 9.17) is 34.9 Å². The van der Waals surface area contributed by atoms with Crippen molar-refractivity contribution in [1.29, 1.82) is 0 Å². The van der Waals surface area contributed by atoms with Crippen LogP contribution >= 0.6 is 0 Å². The van der Waals surface area contributed by atoms with E-state index in [0.29, 0.717) is 34.4 Å². The first kappa shape index (κ1) is 36.1. The number of benzene rings is 5. The molecule has 7 nitrogen and oxygen atoms in total. The minimum absolute atomic E-state index is 0.593. The van der Waals surface area contributed by atoms with Gasteiger partial charge in [-0.2, -0.15) is 0 Å². The number of hydrogen-bond acceptors (Lipinski definition) is 7. The van der Waals surface area contributed by atoms with Crippen molar-refractivity contribution >= 4 is 0 Å². The maximum Gasteiger partial charge on any atom is 0.161 e. The lowest BCUT2D eigenvalue weighted by molar-refractivity contribution is 1.16. The molecule has 282 valence electrons. The van der Waals surface area contributed by atoms with Gasteiger partial charge in [-0.15, -0.1) is 0 Å². The zero-order chi connectivity index (χ0) is 40.1. The van der Waals surface area contributed by atoms with Crippen molar-refractivity contribution in [3.05, 3.63) is 213 Å². The van der Waals surface area contributed by atoms with Crippen LogP contribution < -0.4 is 0 Å². The maximum atomic E-state index is 5.18. The van der Waals surface area contributed by atoms with Gasteiger partial charge in [-0.05, 0) is 59.7 Å². The molecule has 0 saturated heterocycles.